The normalized spacial score (nSPS) is 25.0. The zero-order valence-corrected chi connectivity index (χ0v) is 15.4. The molecule has 0 bridgehead atoms. The van der Waals surface area contributed by atoms with Crippen LogP contribution >= 0.6 is 0 Å². The molecule has 1 N–H and O–H groups in total. The number of nitrogens with zero attached hydrogens (tertiary/aromatic N) is 2. The minimum Gasteiger partial charge on any atom is -0.494 e. The van der Waals surface area contributed by atoms with E-state index in [-0.39, 0.29) is 29.8 Å². The molecule has 2 aliphatic heterocycles. The molecule has 2 aliphatic rings. The number of hydrogen-bond acceptors (Lipinski definition) is 4. The highest BCUT2D eigenvalue weighted by Crippen LogP contribution is 2.27. The van der Waals surface area contributed by atoms with Gasteiger partial charge in [0.25, 0.3) is 5.91 Å². The maximum absolute atomic E-state index is 12.9. The highest BCUT2D eigenvalue weighted by molar-refractivity contribution is 5.98. The van der Waals surface area contributed by atoms with Gasteiger partial charge in [0.1, 0.15) is 11.8 Å². The Kier molecular flexibility index (Phi) is 5.15. The molecule has 0 aliphatic carbocycles. The zero-order valence-electron chi connectivity index (χ0n) is 15.4. The highest BCUT2D eigenvalue weighted by Gasteiger charge is 2.45. The van der Waals surface area contributed by atoms with Crippen molar-refractivity contribution in [2.24, 2.45) is 0 Å². The fourth-order valence-corrected chi connectivity index (χ4v) is 3.80. The van der Waals surface area contributed by atoms with Gasteiger partial charge in [0.05, 0.1) is 12.6 Å². The summed E-state index contributed by atoms with van der Waals surface area (Å²) in [4.78, 5) is 40.4. The van der Waals surface area contributed by atoms with Crippen LogP contribution in [0.15, 0.2) is 24.3 Å². The van der Waals surface area contributed by atoms with E-state index in [0.29, 0.717) is 37.4 Å². The van der Waals surface area contributed by atoms with E-state index in [1.54, 1.807) is 41.0 Å². The van der Waals surface area contributed by atoms with E-state index < -0.39 is 6.04 Å². The first-order valence-corrected chi connectivity index (χ1v) is 9.02. The lowest BCUT2D eigenvalue weighted by atomic mass is 10.0. The van der Waals surface area contributed by atoms with Crippen molar-refractivity contribution in [3.8, 4) is 5.75 Å². The van der Waals surface area contributed by atoms with Crippen LogP contribution in [0.25, 0.3) is 0 Å². The molecule has 2 fully saturated rings. The van der Waals surface area contributed by atoms with Gasteiger partial charge in [0.2, 0.25) is 11.8 Å². The van der Waals surface area contributed by atoms with Gasteiger partial charge < -0.3 is 19.9 Å². The summed E-state index contributed by atoms with van der Waals surface area (Å²) in [6, 6.07) is 6.37. The molecule has 7 heteroatoms. The maximum Gasteiger partial charge on any atom is 0.254 e. The number of hydrogen-bond donors (Lipinski definition) is 1. The van der Waals surface area contributed by atoms with E-state index in [1.165, 1.54) is 6.92 Å². The Hall–Kier alpha value is -2.57. The Morgan fingerprint density at radius 1 is 1.23 bits per heavy atom. The molecule has 0 unspecified atom stereocenters. The molecule has 2 heterocycles. The third-order valence-corrected chi connectivity index (χ3v) is 5.01. The lowest BCUT2D eigenvalue weighted by molar-refractivity contribution is -0.141. The minimum atomic E-state index is -0.513. The molecule has 3 amide bonds. The number of ether oxygens (including phenoxy) is 1. The van der Waals surface area contributed by atoms with Gasteiger partial charge in [-0.1, -0.05) is 0 Å². The van der Waals surface area contributed by atoms with Crippen LogP contribution < -0.4 is 10.1 Å². The van der Waals surface area contributed by atoms with Crippen molar-refractivity contribution in [1.29, 1.82) is 0 Å². The van der Waals surface area contributed by atoms with Gasteiger partial charge in [-0.15, -0.1) is 0 Å². The van der Waals surface area contributed by atoms with Crippen LogP contribution in [-0.4, -0.2) is 65.3 Å². The number of fused-ring (bicyclic) bond motifs is 1. The molecule has 1 aromatic carbocycles. The Bertz CT molecular complexity index is 703. The van der Waals surface area contributed by atoms with E-state index in [2.05, 4.69) is 5.32 Å². The molecule has 0 saturated carbocycles. The second-order valence-corrected chi connectivity index (χ2v) is 6.87. The predicted molar refractivity (Wildman–Crippen MR) is 95.8 cm³/mol. The largest absolute Gasteiger partial charge is 0.494 e. The van der Waals surface area contributed by atoms with Gasteiger partial charge in [0, 0.05) is 31.6 Å². The summed E-state index contributed by atoms with van der Waals surface area (Å²) < 4.78 is 5.40. The van der Waals surface area contributed by atoms with Crippen molar-refractivity contribution in [3.05, 3.63) is 29.8 Å². The maximum atomic E-state index is 12.9. The fourth-order valence-electron chi connectivity index (χ4n) is 3.80. The van der Waals surface area contributed by atoms with Gasteiger partial charge >= 0.3 is 0 Å². The summed E-state index contributed by atoms with van der Waals surface area (Å²) in [7, 11) is 0. The van der Waals surface area contributed by atoms with Gasteiger partial charge in [-0.3, -0.25) is 14.4 Å². The summed E-state index contributed by atoms with van der Waals surface area (Å²) in [5.74, 6) is 0.398. The first-order chi connectivity index (χ1) is 12.4. The van der Waals surface area contributed by atoms with Crippen LogP contribution in [0.4, 0.5) is 0 Å². The molecule has 3 rings (SSSR count). The van der Waals surface area contributed by atoms with Crippen molar-refractivity contribution in [1.82, 2.24) is 15.1 Å². The summed E-state index contributed by atoms with van der Waals surface area (Å²) in [6.45, 7) is 6.70. The van der Waals surface area contributed by atoms with Crippen LogP contribution in [0.1, 0.15) is 37.6 Å². The van der Waals surface area contributed by atoms with Crippen LogP contribution in [0.2, 0.25) is 0 Å². The summed E-state index contributed by atoms with van der Waals surface area (Å²) in [6.07, 6.45) is 0.672. The molecule has 7 nitrogen and oxygen atoms in total. The summed E-state index contributed by atoms with van der Waals surface area (Å²) >= 11 is 0. The first-order valence-electron chi connectivity index (χ1n) is 9.02. The smallest absolute Gasteiger partial charge is 0.254 e. The van der Waals surface area contributed by atoms with Crippen molar-refractivity contribution in [3.63, 3.8) is 0 Å². The van der Waals surface area contributed by atoms with Gasteiger partial charge in [-0.05, 0) is 44.5 Å². The molecule has 3 atom stereocenters. The van der Waals surface area contributed by atoms with E-state index in [4.69, 9.17) is 4.74 Å². The number of carbonyl (C=O) groups is 3. The molecular formula is C19H25N3O4. The lowest BCUT2D eigenvalue weighted by Crippen LogP contribution is -2.60. The number of piperazine rings is 1. The van der Waals surface area contributed by atoms with Crippen molar-refractivity contribution in [2.75, 3.05) is 19.7 Å². The number of amides is 3. The number of benzene rings is 1. The standard InChI is InChI=1S/C19H25N3O4/c1-4-26-17-7-5-14(6-8-17)19(25)21-11-16-9-15(20-13(3)23)10-22(16)18(24)12(21)2/h5-8,12,15-16H,4,9-11H2,1-3H3,(H,20,23)/t12-,15-,16-/m0/s1. The van der Waals surface area contributed by atoms with E-state index in [1.807, 2.05) is 6.92 Å². The molecule has 0 radical (unpaired) electrons. The molecule has 1 aromatic rings. The highest BCUT2D eigenvalue weighted by atomic mass is 16.5. The van der Waals surface area contributed by atoms with Gasteiger partial charge in [0.15, 0.2) is 0 Å². The predicted octanol–water partition coefficient (Wildman–Crippen LogP) is 1.04. The molecule has 0 spiro atoms. The average Bonchev–Trinajstić information content (AvgIpc) is 3.00. The number of rotatable bonds is 4. The Labute approximate surface area is 153 Å². The van der Waals surface area contributed by atoms with Crippen LogP contribution in [0.5, 0.6) is 5.75 Å². The van der Waals surface area contributed by atoms with Crippen LogP contribution in [-0.2, 0) is 9.59 Å². The molecular weight excluding hydrogens is 334 g/mol. The molecule has 26 heavy (non-hydrogen) atoms. The Morgan fingerprint density at radius 2 is 1.92 bits per heavy atom. The van der Waals surface area contributed by atoms with Crippen molar-refractivity contribution >= 4 is 17.7 Å². The molecule has 140 valence electrons. The van der Waals surface area contributed by atoms with E-state index in [9.17, 15) is 14.4 Å². The topological polar surface area (TPSA) is 79.0 Å². The monoisotopic (exact) mass is 359 g/mol. The quantitative estimate of drug-likeness (QED) is 0.871. The third kappa shape index (κ3) is 3.52. The number of carbonyl (C=O) groups excluding carboxylic acids is 3. The lowest BCUT2D eigenvalue weighted by Gasteiger charge is -2.41. The van der Waals surface area contributed by atoms with E-state index in [0.717, 1.165) is 0 Å². The van der Waals surface area contributed by atoms with Gasteiger partial charge in [-0.2, -0.15) is 0 Å². The molecule has 0 aromatic heterocycles. The number of nitrogens with one attached hydrogen (secondary N) is 1. The second-order valence-electron chi connectivity index (χ2n) is 6.87. The minimum absolute atomic E-state index is 0.0471. The first kappa shape index (κ1) is 18.2. The summed E-state index contributed by atoms with van der Waals surface area (Å²) in [5.41, 5.74) is 0.540. The Balaban J connectivity index is 1.73. The van der Waals surface area contributed by atoms with Gasteiger partial charge in [-0.25, -0.2) is 0 Å². The van der Waals surface area contributed by atoms with Crippen LogP contribution in [0, 0.1) is 0 Å². The second kappa shape index (κ2) is 7.35. The van der Waals surface area contributed by atoms with Crippen LogP contribution in [0.3, 0.4) is 0 Å². The zero-order chi connectivity index (χ0) is 18.8. The Morgan fingerprint density at radius 3 is 2.54 bits per heavy atom. The van der Waals surface area contributed by atoms with Crippen molar-refractivity contribution < 1.29 is 19.1 Å². The fraction of sp³-hybridized carbons (Fsp3) is 0.526. The van der Waals surface area contributed by atoms with E-state index >= 15 is 0 Å². The SMILES string of the molecule is CCOc1ccc(C(=O)N2C[C@@H]3C[C@H](NC(C)=O)CN3C(=O)[C@@H]2C)cc1. The van der Waals surface area contributed by atoms with Crippen molar-refractivity contribution in [2.45, 2.75) is 45.3 Å². The summed E-state index contributed by atoms with van der Waals surface area (Å²) in [5, 5.41) is 2.88. The molecule has 2 saturated heterocycles. The third-order valence-electron chi connectivity index (χ3n) is 5.01. The average molecular weight is 359 g/mol.